The second-order valence-corrected chi connectivity index (χ2v) is 3.77. The van der Waals surface area contributed by atoms with Gasteiger partial charge in [0, 0.05) is 7.05 Å². The molecule has 1 atom stereocenters. The summed E-state index contributed by atoms with van der Waals surface area (Å²) in [5.74, 6) is -0.562. The number of nitrogens with zero attached hydrogens (tertiary/aromatic N) is 3. The standard InChI is InChI=1S/C10H9ClFN3O/c1-15-9(5-13-14-15)10(16)6-2-3-7(11)8(12)4-6/h2-5,10,16H,1H3. The van der Waals surface area contributed by atoms with Crippen LogP contribution in [0.4, 0.5) is 4.39 Å². The molecule has 0 spiro atoms. The molecule has 0 aliphatic heterocycles. The van der Waals surface area contributed by atoms with Crippen molar-refractivity contribution in [3.8, 4) is 0 Å². The van der Waals surface area contributed by atoms with E-state index in [-0.39, 0.29) is 5.02 Å². The molecule has 0 saturated carbocycles. The van der Waals surface area contributed by atoms with Gasteiger partial charge in [0.2, 0.25) is 0 Å². The van der Waals surface area contributed by atoms with Crippen molar-refractivity contribution in [1.82, 2.24) is 15.0 Å². The van der Waals surface area contributed by atoms with Gasteiger partial charge in [0.15, 0.2) is 0 Å². The van der Waals surface area contributed by atoms with Crippen LogP contribution in [-0.4, -0.2) is 20.1 Å². The highest BCUT2D eigenvalue weighted by molar-refractivity contribution is 6.30. The van der Waals surface area contributed by atoms with Crippen LogP contribution in [0.3, 0.4) is 0 Å². The Balaban J connectivity index is 2.38. The van der Waals surface area contributed by atoms with Gasteiger partial charge in [0.05, 0.1) is 16.9 Å². The maximum absolute atomic E-state index is 13.2. The first kappa shape index (κ1) is 11.0. The first-order valence-electron chi connectivity index (χ1n) is 4.57. The molecule has 6 heteroatoms. The second kappa shape index (κ2) is 4.19. The van der Waals surface area contributed by atoms with Crippen LogP contribution < -0.4 is 0 Å². The molecule has 1 unspecified atom stereocenters. The van der Waals surface area contributed by atoms with Crippen LogP contribution in [0.5, 0.6) is 0 Å². The zero-order valence-corrected chi connectivity index (χ0v) is 9.19. The highest BCUT2D eigenvalue weighted by atomic mass is 35.5. The van der Waals surface area contributed by atoms with E-state index in [0.717, 1.165) is 0 Å². The van der Waals surface area contributed by atoms with Crippen molar-refractivity contribution in [2.45, 2.75) is 6.10 Å². The maximum Gasteiger partial charge on any atom is 0.142 e. The Labute approximate surface area is 96.3 Å². The third-order valence-corrected chi connectivity index (χ3v) is 2.60. The van der Waals surface area contributed by atoms with E-state index in [4.69, 9.17) is 11.6 Å². The zero-order chi connectivity index (χ0) is 11.7. The quantitative estimate of drug-likeness (QED) is 0.871. The number of hydrogen-bond acceptors (Lipinski definition) is 3. The summed E-state index contributed by atoms with van der Waals surface area (Å²) in [6.45, 7) is 0. The number of aryl methyl sites for hydroxylation is 1. The van der Waals surface area contributed by atoms with Crippen LogP contribution in [0.2, 0.25) is 5.02 Å². The summed E-state index contributed by atoms with van der Waals surface area (Å²) >= 11 is 5.55. The molecule has 0 aliphatic rings. The smallest absolute Gasteiger partial charge is 0.142 e. The van der Waals surface area contributed by atoms with Gasteiger partial charge in [-0.3, -0.25) is 0 Å². The Morgan fingerprint density at radius 3 is 2.81 bits per heavy atom. The third kappa shape index (κ3) is 1.91. The summed E-state index contributed by atoms with van der Waals surface area (Å²) in [6, 6.07) is 4.16. The van der Waals surface area contributed by atoms with Crippen LogP contribution >= 0.6 is 11.6 Å². The SMILES string of the molecule is Cn1nncc1C(O)c1ccc(Cl)c(F)c1. The summed E-state index contributed by atoms with van der Waals surface area (Å²) in [5, 5.41) is 17.3. The number of benzene rings is 1. The number of rotatable bonds is 2. The normalized spacial score (nSPS) is 12.8. The first-order valence-corrected chi connectivity index (χ1v) is 4.95. The van der Waals surface area contributed by atoms with Gasteiger partial charge in [-0.15, -0.1) is 5.10 Å². The Bertz CT molecular complexity index is 515. The average molecular weight is 242 g/mol. The van der Waals surface area contributed by atoms with Gasteiger partial charge in [-0.2, -0.15) is 0 Å². The van der Waals surface area contributed by atoms with Gasteiger partial charge in [-0.05, 0) is 17.7 Å². The number of halogens is 2. The van der Waals surface area contributed by atoms with Crippen molar-refractivity contribution in [2.24, 2.45) is 7.05 Å². The molecule has 2 aromatic rings. The van der Waals surface area contributed by atoms with Gasteiger partial charge in [0.1, 0.15) is 11.9 Å². The van der Waals surface area contributed by atoms with Crippen LogP contribution in [0.25, 0.3) is 0 Å². The molecule has 84 valence electrons. The van der Waals surface area contributed by atoms with E-state index in [9.17, 15) is 9.50 Å². The highest BCUT2D eigenvalue weighted by Gasteiger charge is 2.16. The lowest BCUT2D eigenvalue weighted by Gasteiger charge is -2.10. The fourth-order valence-electron chi connectivity index (χ4n) is 1.40. The predicted molar refractivity (Wildman–Crippen MR) is 56.5 cm³/mol. The summed E-state index contributed by atoms with van der Waals surface area (Å²) in [4.78, 5) is 0. The molecule has 0 saturated heterocycles. The Hall–Kier alpha value is -1.46. The fraction of sp³-hybridized carbons (Fsp3) is 0.200. The number of aliphatic hydroxyl groups is 1. The molecular formula is C10H9ClFN3O. The monoisotopic (exact) mass is 241 g/mol. The zero-order valence-electron chi connectivity index (χ0n) is 8.43. The molecule has 0 amide bonds. The average Bonchev–Trinajstić information content (AvgIpc) is 2.67. The third-order valence-electron chi connectivity index (χ3n) is 2.29. The minimum Gasteiger partial charge on any atom is -0.382 e. The van der Waals surface area contributed by atoms with Crippen molar-refractivity contribution in [1.29, 1.82) is 0 Å². The lowest BCUT2D eigenvalue weighted by Crippen LogP contribution is -2.06. The van der Waals surface area contributed by atoms with Gasteiger partial charge < -0.3 is 5.11 Å². The summed E-state index contributed by atoms with van der Waals surface area (Å²) in [5.41, 5.74) is 0.897. The van der Waals surface area contributed by atoms with Crippen LogP contribution in [0.15, 0.2) is 24.4 Å². The van der Waals surface area contributed by atoms with E-state index in [2.05, 4.69) is 10.3 Å². The van der Waals surface area contributed by atoms with Gasteiger partial charge in [-0.1, -0.05) is 22.9 Å². The number of aliphatic hydroxyl groups excluding tert-OH is 1. The molecule has 0 fully saturated rings. The molecule has 1 N–H and O–H groups in total. The molecular weight excluding hydrogens is 233 g/mol. The Kier molecular flexibility index (Phi) is 2.89. The molecule has 1 aromatic carbocycles. The van der Waals surface area contributed by atoms with E-state index in [1.165, 1.54) is 23.0 Å². The Morgan fingerprint density at radius 1 is 1.50 bits per heavy atom. The molecule has 16 heavy (non-hydrogen) atoms. The number of hydrogen-bond donors (Lipinski definition) is 1. The van der Waals surface area contributed by atoms with E-state index >= 15 is 0 Å². The van der Waals surface area contributed by atoms with Crippen molar-refractivity contribution >= 4 is 11.6 Å². The van der Waals surface area contributed by atoms with Crippen LogP contribution in [-0.2, 0) is 7.05 Å². The predicted octanol–water partition coefficient (Wildman–Crippen LogP) is 1.69. The molecule has 1 aromatic heterocycles. The van der Waals surface area contributed by atoms with Crippen molar-refractivity contribution < 1.29 is 9.50 Å². The van der Waals surface area contributed by atoms with Gasteiger partial charge >= 0.3 is 0 Å². The summed E-state index contributed by atoms with van der Waals surface area (Å²) in [6.07, 6.45) is 0.462. The molecule has 0 bridgehead atoms. The number of aromatic nitrogens is 3. The first-order chi connectivity index (χ1) is 7.59. The van der Waals surface area contributed by atoms with Gasteiger partial charge in [0.25, 0.3) is 0 Å². The summed E-state index contributed by atoms with van der Waals surface area (Å²) in [7, 11) is 1.65. The summed E-state index contributed by atoms with van der Waals surface area (Å²) < 4.78 is 14.6. The van der Waals surface area contributed by atoms with Crippen molar-refractivity contribution in [2.75, 3.05) is 0 Å². The van der Waals surface area contributed by atoms with Crippen molar-refractivity contribution in [3.63, 3.8) is 0 Å². The topological polar surface area (TPSA) is 50.9 Å². The highest BCUT2D eigenvalue weighted by Crippen LogP contribution is 2.24. The Morgan fingerprint density at radius 2 is 2.25 bits per heavy atom. The van der Waals surface area contributed by atoms with Crippen molar-refractivity contribution in [3.05, 3.63) is 46.5 Å². The lowest BCUT2D eigenvalue weighted by atomic mass is 10.1. The van der Waals surface area contributed by atoms with E-state index in [1.54, 1.807) is 13.1 Å². The van der Waals surface area contributed by atoms with E-state index < -0.39 is 11.9 Å². The largest absolute Gasteiger partial charge is 0.382 e. The lowest BCUT2D eigenvalue weighted by molar-refractivity contribution is 0.209. The van der Waals surface area contributed by atoms with E-state index in [0.29, 0.717) is 11.3 Å². The maximum atomic E-state index is 13.2. The molecule has 1 heterocycles. The fourth-order valence-corrected chi connectivity index (χ4v) is 1.52. The minimum atomic E-state index is -0.966. The minimum absolute atomic E-state index is 0.0269. The van der Waals surface area contributed by atoms with E-state index in [1.807, 2.05) is 0 Å². The van der Waals surface area contributed by atoms with Crippen LogP contribution in [0, 0.1) is 5.82 Å². The van der Waals surface area contributed by atoms with Gasteiger partial charge in [-0.25, -0.2) is 9.07 Å². The molecule has 0 radical (unpaired) electrons. The molecule has 0 aliphatic carbocycles. The molecule has 4 nitrogen and oxygen atoms in total. The molecule has 2 rings (SSSR count). The second-order valence-electron chi connectivity index (χ2n) is 3.36. The van der Waals surface area contributed by atoms with Crippen LogP contribution in [0.1, 0.15) is 17.4 Å².